The number of hydrogen-bond acceptors (Lipinski definition) is 2. The van der Waals surface area contributed by atoms with Crippen molar-refractivity contribution in [3.63, 3.8) is 0 Å². The van der Waals surface area contributed by atoms with Crippen LogP contribution in [-0.2, 0) is 9.53 Å². The molecule has 0 aliphatic heterocycles. The standard InChI is InChI=1S/C4H6O2.Na.H/c1-3-6-4(2)5;;/h3H,1H2,2H3;;/q;+1;-1. The first-order valence-corrected chi connectivity index (χ1v) is 1.55. The molecule has 0 spiro atoms. The maximum absolute atomic E-state index is 9.75. The summed E-state index contributed by atoms with van der Waals surface area (Å²) in [5.41, 5.74) is 0. The Morgan fingerprint density at radius 3 is 2.43 bits per heavy atom. The molecule has 0 aliphatic rings. The number of carbonyl (C=O) groups is 1. The molecule has 0 bridgehead atoms. The van der Waals surface area contributed by atoms with E-state index in [-0.39, 0.29) is 37.0 Å². The molecule has 0 atom stereocenters. The van der Waals surface area contributed by atoms with Gasteiger partial charge in [0, 0.05) is 6.92 Å². The Kier molecular flexibility index (Phi) is 9.09. The maximum Gasteiger partial charge on any atom is 1.00 e. The predicted molar refractivity (Wildman–Crippen MR) is 23.1 cm³/mol. The van der Waals surface area contributed by atoms with Gasteiger partial charge in [0.15, 0.2) is 0 Å². The average Bonchev–Trinajstić information content (AvgIpc) is 1.35. The third-order valence-corrected chi connectivity index (χ3v) is 0.249. The average molecular weight is 110 g/mol. The van der Waals surface area contributed by atoms with Crippen molar-refractivity contribution in [1.29, 1.82) is 0 Å². The number of ether oxygens (including phenoxy) is 1. The largest absolute Gasteiger partial charge is 1.00 e. The molecule has 0 aromatic heterocycles. The Balaban J connectivity index is -0.000000125. The molecular weight excluding hydrogens is 103 g/mol. The van der Waals surface area contributed by atoms with Crippen molar-refractivity contribution < 1.29 is 40.5 Å². The third-order valence-electron chi connectivity index (χ3n) is 0.249. The van der Waals surface area contributed by atoms with Gasteiger partial charge in [0.2, 0.25) is 0 Å². The van der Waals surface area contributed by atoms with E-state index in [9.17, 15) is 4.79 Å². The van der Waals surface area contributed by atoms with Gasteiger partial charge in [-0.05, 0) is 0 Å². The van der Waals surface area contributed by atoms with Crippen LogP contribution in [0, 0.1) is 0 Å². The first-order chi connectivity index (χ1) is 2.77. The van der Waals surface area contributed by atoms with E-state index in [1.165, 1.54) is 6.92 Å². The van der Waals surface area contributed by atoms with Crippen LogP contribution < -0.4 is 29.6 Å². The van der Waals surface area contributed by atoms with Gasteiger partial charge in [-0.3, -0.25) is 4.79 Å². The SMILES string of the molecule is C=COC(C)=O.[H-].[Na+]. The van der Waals surface area contributed by atoms with Gasteiger partial charge in [-0.15, -0.1) is 0 Å². The Morgan fingerprint density at radius 2 is 2.43 bits per heavy atom. The van der Waals surface area contributed by atoms with Crippen molar-refractivity contribution in [2.45, 2.75) is 6.92 Å². The number of esters is 1. The van der Waals surface area contributed by atoms with Gasteiger partial charge in [0.25, 0.3) is 0 Å². The van der Waals surface area contributed by atoms with Crippen LogP contribution in [0.15, 0.2) is 12.8 Å². The molecule has 0 saturated heterocycles. The van der Waals surface area contributed by atoms with Crippen LogP contribution in [0.1, 0.15) is 8.35 Å². The van der Waals surface area contributed by atoms with Gasteiger partial charge < -0.3 is 6.16 Å². The summed E-state index contributed by atoms with van der Waals surface area (Å²) in [4.78, 5) is 9.75. The normalized spacial score (nSPS) is 5.86. The molecule has 0 aliphatic carbocycles. The molecule has 0 aromatic rings. The molecule has 0 amide bonds. The summed E-state index contributed by atoms with van der Waals surface area (Å²) in [7, 11) is 0. The Bertz CT molecular complexity index is 74.4. The van der Waals surface area contributed by atoms with Crippen LogP contribution in [0.3, 0.4) is 0 Å². The fourth-order valence-electron chi connectivity index (χ4n) is 0.117. The number of hydrogen-bond donors (Lipinski definition) is 0. The van der Waals surface area contributed by atoms with Crippen LogP contribution in [0.5, 0.6) is 0 Å². The summed E-state index contributed by atoms with van der Waals surface area (Å²) in [6, 6.07) is 0. The second-order valence-corrected chi connectivity index (χ2v) is 0.776. The molecule has 0 radical (unpaired) electrons. The second kappa shape index (κ2) is 6.21. The quantitative estimate of drug-likeness (QED) is 0.218. The first kappa shape index (κ1) is 10.2. The van der Waals surface area contributed by atoms with E-state index in [1.54, 1.807) is 0 Å². The van der Waals surface area contributed by atoms with Crippen molar-refractivity contribution in [3.05, 3.63) is 12.8 Å². The van der Waals surface area contributed by atoms with Crippen LogP contribution >= 0.6 is 0 Å². The molecule has 0 unspecified atom stereocenters. The van der Waals surface area contributed by atoms with E-state index in [0.29, 0.717) is 0 Å². The van der Waals surface area contributed by atoms with Gasteiger partial charge in [-0.1, -0.05) is 6.58 Å². The van der Waals surface area contributed by atoms with Crippen molar-refractivity contribution in [1.82, 2.24) is 0 Å². The van der Waals surface area contributed by atoms with E-state index >= 15 is 0 Å². The monoisotopic (exact) mass is 110 g/mol. The van der Waals surface area contributed by atoms with Crippen LogP contribution in [-0.4, -0.2) is 5.97 Å². The first-order valence-electron chi connectivity index (χ1n) is 1.55. The summed E-state index contributed by atoms with van der Waals surface area (Å²) in [5, 5.41) is 0. The molecule has 0 aromatic carbocycles. The van der Waals surface area contributed by atoms with Crippen LogP contribution in [0.4, 0.5) is 0 Å². The molecule has 0 rings (SSSR count). The minimum atomic E-state index is -0.329. The van der Waals surface area contributed by atoms with E-state index < -0.39 is 0 Å². The fraction of sp³-hybridized carbons (Fsp3) is 0.250. The Morgan fingerprint density at radius 1 is 2.00 bits per heavy atom. The fourth-order valence-corrected chi connectivity index (χ4v) is 0.117. The molecule has 36 valence electrons. The van der Waals surface area contributed by atoms with E-state index in [0.717, 1.165) is 6.26 Å². The Hall–Kier alpha value is 0.210. The summed E-state index contributed by atoms with van der Waals surface area (Å²) < 4.78 is 4.17. The van der Waals surface area contributed by atoms with Crippen molar-refractivity contribution >= 4 is 5.97 Å². The summed E-state index contributed by atoms with van der Waals surface area (Å²) in [6.45, 7) is 4.48. The second-order valence-electron chi connectivity index (χ2n) is 0.776. The van der Waals surface area contributed by atoms with Gasteiger partial charge >= 0.3 is 35.5 Å². The van der Waals surface area contributed by atoms with E-state index in [4.69, 9.17) is 0 Å². The molecule has 7 heavy (non-hydrogen) atoms. The van der Waals surface area contributed by atoms with Crippen LogP contribution in [0.2, 0.25) is 0 Å². The zero-order chi connectivity index (χ0) is 4.99. The van der Waals surface area contributed by atoms with Gasteiger partial charge in [0.05, 0.1) is 6.26 Å². The number of carbonyl (C=O) groups excluding carboxylic acids is 1. The van der Waals surface area contributed by atoms with Crippen molar-refractivity contribution in [3.8, 4) is 0 Å². The third kappa shape index (κ3) is 10.7. The van der Waals surface area contributed by atoms with Crippen molar-refractivity contribution in [2.75, 3.05) is 0 Å². The predicted octanol–water partition coefficient (Wildman–Crippen LogP) is -2.19. The van der Waals surface area contributed by atoms with Gasteiger partial charge in [0.1, 0.15) is 0 Å². The molecule has 0 N–H and O–H groups in total. The zero-order valence-electron chi connectivity index (χ0n) is 5.60. The van der Waals surface area contributed by atoms with Gasteiger partial charge in [-0.25, -0.2) is 0 Å². The topological polar surface area (TPSA) is 26.3 Å². The molecule has 2 nitrogen and oxygen atoms in total. The zero-order valence-corrected chi connectivity index (χ0v) is 6.60. The molecule has 0 fully saturated rings. The van der Waals surface area contributed by atoms with E-state index in [2.05, 4.69) is 11.3 Å². The minimum absolute atomic E-state index is 0. The molecule has 3 heteroatoms. The van der Waals surface area contributed by atoms with Crippen LogP contribution in [0.25, 0.3) is 0 Å². The maximum atomic E-state index is 9.75. The molecule has 0 saturated carbocycles. The number of rotatable bonds is 1. The summed E-state index contributed by atoms with van der Waals surface area (Å²) in [6.07, 6.45) is 1.10. The summed E-state index contributed by atoms with van der Waals surface area (Å²) in [5.74, 6) is -0.329. The van der Waals surface area contributed by atoms with E-state index in [1.807, 2.05) is 0 Å². The Labute approximate surface area is 66.3 Å². The smallest absolute Gasteiger partial charge is 1.00 e. The minimum Gasteiger partial charge on any atom is -1.00 e. The van der Waals surface area contributed by atoms with Gasteiger partial charge in [-0.2, -0.15) is 0 Å². The van der Waals surface area contributed by atoms with Crippen molar-refractivity contribution in [2.24, 2.45) is 0 Å². The summed E-state index contributed by atoms with van der Waals surface area (Å²) >= 11 is 0. The molecular formula is C4H7NaO2. The molecule has 0 heterocycles.